The zero-order valence-electron chi connectivity index (χ0n) is 18.6. The van der Waals surface area contributed by atoms with E-state index in [9.17, 15) is 4.79 Å². The lowest BCUT2D eigenvalue weighted by molar-refractivity contribution is -0.133. The van der Waals surface area contributed by atoms with Crippen LogP contribution in [0.25, 0.3) is 0 Å². The molecule has 1 aliphatic heterocycles. The fraction of sp³-hybridized carbons (Fsp3) is 0.636. The second kappa shape index (κ2) is 13.1. The van der Waals surface area contributed by atoms with Crippen molar-refractivity contribution in [2.45, 2.75) is 52.6 Å². The number of aliphatic imine (C=N–C) groups is 1. The van der Waals surface area contributed by atoms with Gasteiger partial charge in [-0.1, -0.05) is 23.8 Å². The first-order valence-electron chi connectivity index (χ1n) is 10.5. The second-order valence-corrected chi connectivity index (χ2v) is 7.83. The lowest BCUT2D eigenvalue weighted by atomic mass is 10.1. The molecule has 0 aromatic heterocycles. The Bertz CT molecular complexity index is 677. The van der Waals surface area contributed by atoms with Gasteiger partial charge in [0.15, 0.2) is 5.96 Å². The Balaban J connectivity index is 0.00000420. The number of hydrogen-bond donors (Lipinski definition) is 2. The van der Waals surface area contributed by atoms with Gasteiger partial charge in [-0.05, 0) is 57.7 Å². The van der Waals surface area contributed by atoms with Gasteiger partial charge in [-0.25, -0.2) is 4.99 Å². The molecule has 0 radical (unpaired) electrons. The minimum absolute atomic E-state index is 0. The van der Waals surface area contributed by atoms with Gasteiger partial charge < -0.3 is 15.5 Å². The number of likely N-dealkylation sites (N-methyl/N-ethyl adjacent to an activating group) is 1. The van der Waals surface area contributed by atoms with E-state index in [1.165, 1.54) is 16.7 Å². The predicted molar refractivity (Wildman–Crippen MR) is 132 cm³/mol. The Kier molecular flexibility index (Phi) is 11.6. The summed E-state index contributed by atoms with van der Waals surface area (Å²) in [6.45, 7) is 10.6. The summed E-state index contributed by atoms with van der Waals surface area (Å²) >= 11 is 0. The van der Waals surface area contributed by atoms with Crippen molar-refractivity contribution in [3.63, 3.8) is 0 Å². The summed E-state index contributed by atoms with van der Waals surface area (Å²) in [4.78, 5) is 21.1. The van der Waals surface area contributed by atoms with Gasteiger partial charge in [-0.3, -0.25) is 9.69 Å². The van der Waals surface area contributed by atoms with E-state index in [0.717, 1.165) is 51.4 Å². The highest BCUT2D eigenvalue weighted by Gasteiger charge is 2.30. The third kappa shape index (κ3) is 8.12. The van der Waals surface area contributed by atoms with Crippen LogP contribution in [-0.4, -0.2) is 68.0 Å². The van der Waals surface area contributed by atoms with Gasteiger partial charge in [0.25, 0.3) is 0 Å². The minimum Gasteiger partial charge on any atom is -0.357 e. The minimum atomic E-state index is 0. The van der Waals surface area contributed by atoms with E-state index in [1.54, 1.807) is 4.90 Å². The van der Waals surface area contributed by atoms with Gasteiger partial charge >= 0.3 is 0 Å². The van der Waals surface area contributed by atoms with E-state index in [1.807, 2.05) is 14.1 Å². The van der Waals surface area contributed by atoms with E-state index < -0.39 is 0 Å². The van der Waals surface area contributed by atoms with E-state index in [-0.39, 0.29) is 35.9 Å². The number of carbonyl (C=O) groups is 1. The third-order valence-electron chi connectivity index (χ3n) is 5.25. The Labute approximate surface area is 193 Å². The molecule has 1 aromatic carbocycles. The summed E-state index contributed by atoms with van der Waals surface area (Å²) in [6.07, 6.45) is 3.08. The van der Waals surface area contributed by atoms with Gasteiger partial charge in [0.1, 0.15) is 0 Å². The fourth-order valence-electron chi connectivity index (χ4n) is 3.69. The molecule has 2 rings (SSSR count). The number of nitrogens with zero attached hydrogens (tertiary/aromatic N) is 3. The van der Waals surface area contributed by atoms with Crippen LogP contribution in [0, 0.1) is 13.8 Å². The molecule has 1 unspecified atom stereocenters. The van der Waals surface area contributed by atoms with Crippen LogP contribution < -0.4 is 10.6 Å². The van der Waals surface area contributed by atoms with E-state index in [2.05, 4.69) is 54.5 Å². The lowest BCUT2D eigenvalue weighted by Gasteiger charge is -2.26. The molecule has 1 aromatic rings. The van der Waals surface area contributed by atoms with Crippen molar-refractivity contribution in [2.75, 3.05) is 40.3 Å². The number of rotatable bonds is 8. The first-order valence-corrected chi connectivity index (χ1v) is 10.5. The Hall–Kier alpha value is -1.35. The van der Waals surface area contributed by atoms with Crippen molar-refractivity contribution in [3.05, 3.63) is 34.9 Å². The van der Waals surface area contributed by atoms with E-state index in [4.69, 9.17) is 4.99 Å². The second-order valence-electron chi connectivity index (χ2n) is 7.83. The zero-order chi connectivity index (χ0) is 20.5. The maximum atomic E-state index is 12.3. The topological polar surface area (TPSA) is 60.0 Å². The van der Waals surface area contributed by atoms with Crippen LogP contribution in [-0.2, 0) is 11.3 Å². The van der Waals surface area contributed by atoms with Crippen molar-refractivity contribution < 1.29 is 4.79 Å². The maximum Gasteiger partial charge on any atom is 0.239 e. The number of benzene rings is 1. The Morgan fingerprint density at radius 1 is 1.28 bits per heavy atom. The average Bonchev–Trinajstić information content (AvgIpc) is 3.11. The Morgan fingerprint density at radius 2 is 2.03 bits per heavy atom. The highest BCUT2D eigenvalue weighted by atomic mass is 127. The van der Waals surface area contributed by atoms with E-state index in [0.29, 0.717) is 6.54 Å². The van der Waals surface area contributed by atoms with Crippen molar-refractivity contribution in [1.29, 1.82) is 0 Å². The first kappa shape index (κ1) is 25.7. The number of halogens is 1. The van der Waals surface area contributed by atoms with Gasteiger partial charge in [-0.15, -0.1) is 24.0 Å². The molecule has 0 saturated carbocycles. The van der Waals surface area contributed by atoms with Crippen LogP contribution in [0.2, 0.25) is 0 Å². The number of guanidine groups is 1. The molecule has 1 aliphatic rings. The zero-order valence-corrected chi connectivity index (χ0v) is 21.0. The van der Waals surface area contributed by atoms with Crippen molar-refractivity contribution in [1.82, 2.24) is 20.4 Å². The summed E-state index contributed by atoms with van der Waals surface area (Å²) in [5.74, 6) is 1.08. The number of hydrogen-bond acceptors (Lipinski definition) is 3. The number of aryl methyl sites for hydroxylation is 2. The fourth-order valence-corrected chi connectivity index (χ4v) is 3.69. The molecule has 6 nitrogen and oxygen atoms in total. The largest absolute Gasteiger partial charge is 0.357 e. The monoisotopic (exact) mass is 515 g/mol. The average molecular weight is 515 g/mol. The van der Waals surface area contributed by atoms with Crippen molar-refractivity contribution in [2.24, 2.45) is 4.99 Å². The SMILES string of the molecule is CCNC(=NCc1ccc(C)cc1C)NCCCN1CCCC1C(=O)N(C)C.I. The van der Waals surface area contributed by atoms with Crippen molar-refractivity contribution >= 4 is 35.8 Å². The third-order valence-corrected chi connectivity index (χ3v) is 5.25. The van der Waals surface area contributed by atoms with Crippen LogP contribution in [0.1, 0.15) is 42.9 Å². The van der Waals surface area contributed by atoms with Gasteiger partial charge in [0.2, 0.25) is 5.91 Å². The smallest absolute Gasteiger partial charge is 0.239 e. The molecule has 2 N–H and O–H groups in total. The molecule has 0 spiro atoms. The van der Waals surface area contributed by atoms with Gasteiger partial charge in [0, 0.05) is 33.7 Å². The standard InChI is InChI=1S/C22H37N5O.HI/c1-6-23-22(25-16-19-11-10-17(2)15-18(19)3)24-12-8-14-27-13-7-9-20(27)21(28)26(4)5;/h10-11,15,20H,6-9,12-14,16H2,1-5H3,(H2,23,24,25);1H. The number of amides is 1. The van der Waals surface area contributed by atoms with Crippen LogP contribution in [0.15, 0.2) is 23.2 Å². The summed E-state index contributed by atoms with van der Waals surface area (Å²) in [6, 6.07) is 6.56. The Morgan fingerprint density at radius 3 is 2.69 bits per heavy atom. The lowest BCUT2D eigenvalue weighted by Crippen LogP contribution is -2.44. The quantitative estimate of drug-likeness (QED) is 0.242. The molecule has 29 heavy (non-hydrogen) atoms. The van der Waals surface area contributed by atoms with Crippen LogP contribution in [0.5, 0.6) is 0 Å². The molecule has 0 aliphatic carbocycles. The normalized spacial score (nSPS) is 17.0. The summed E-state index contributed by atoms with van der Waals surface area (Å²) in [7, 11) is 3.69. The number of carbonyl (C=O) groups excluding carboxylic acids is 1. The maximum absolute atomic E-state index is 12.3. The summed E-state index contributed by atoms with van der Waals surface area (Å²) in [5.41, 5.74) is 3.82. The van der Waals surface area contributed by atoms with Gasteiger partial charge in [0.05, 0.1) is 12.6 Å². The molecule has 1 heterocycles. The molecule has 7 heteroatoms. The van der Waals surface area contributed by atoms with Crippen LogP contribution in [0.3, 0.4) is 0 Å². The molecule has 1 atom stereocenters. The molecular formula is C22H38IN5O. The first-order chi connectivity index (χ1) is 13.4. The van der Waals surface area contributed by atoms with Crippen molar-refractivity contribution in [3.8, 4) is 0 Å². The van der Waals surface area contributed by atoms with Gasteiger partial charge in [-0.2, -0.15) is 0 Å². The molecule has 0 bridgehead atoms. The molecule has 164 valence electrons. The number of likely N-dealkylation sites (tertiary alicyclic amines) is 1. The predicted octanol–water partition coefficient (Wildman–Crippen LogP) is 2.92. The molecule has 1 saturated heterocycles. The molecular weight excluding hydrogens is 477 g/mol. The number of nitrogens with one attached hydrogen (secondary N) is 2. The summed E-state index contributed by atoms with van der Waals surface area (Å²) in [5, 5.41) is 6.75. The van der Waals surface area contributed by atoms with Crippen LogP contribution in [0.4, 0.5) is 0 Å². The highest BCUT2D eigenvalue weighted by molar-refractivity contribution is 14.0. The highest BCUT2D eigenvalue weighted by Crippen LogP contribution is 2.18. The molecule has 1 fully saturated rings. The van der Waals surface area contributed by atoms with E-state index >= 15 is 0 Å². The summed E-state index contributed by atoms with van der Waals surface area (Å²) < 4.78 is 0. The van der Waals surface area contributed by atoms with Crippen LogP contribution >= 0.6 is 24.0 Å². The molecule has 1 amide bonds.